The van der Waals surface area contributed by atoms with Crippen LogP contribution in [0, 0.1) is 0 Å². The fourth-order valence-electron chi connectivity index (χ4n) is 4.17. The molecular weight excluding hydrogens is 494 g/mol. The van der Waals surface area contributed by atoms with E-state index in [9.17, 15) is 9.59 Å². The van der Waals surface area contributed by atoms with Gasteiger partial charge < -0.3 is 10.3 Å². The maximum Gasteiger partial charge on any atom is 0.257 e. The van der Waals surface area contributed by atoms with E-state index in [0.717, 1.165) is 32.1 Å². The number of nitrogens with one attached hydrogen (secondary N) is 3. The molecule has 0 atom stereocenters. The third-order valence-electron chi connectivity index (χ3n) is 6.01. The Hall–Kier alpha value is -4.95. The Labute approximate surface area is 221 Å². The molecule has 0 aliphatic rings. The van der Waals surface area contributed by atoms with Gasteiger partial charge in [-0.2, -0.15) is 5.10 Å². The Kier molecular flexibility index (Phi) is 6.29. The quantitative estimate of drug-likeness (QED) is 0.239. The van der Waals surface area contributed by atoms with Crippen LogP contribution in [0.5, 0.6) is 0 Å². The van der Waals surface area contributed by atoms with Gasteiger partial charge in [-0.3, -0.25) is 19.7 Å². The molecule has 0 saturated heterocycles. The molecule has 7 nitrogen and oxygen atoms in total. The summed E-state index contributed by atoms with van der Waals surface area (Å²) < 4.78 is 0. The van der Waals surface area contributed by atoms with Gasteiger partial charge in [-0.05, 0) is 66.7 Å². The normalized spacial score (nSPS) is 11.4. The van der Waals surface area contributed by atoms with Crippen molar-refractivity contribution < 1.29 is 4.79 Å². The standard InChI is InChI=1S/C30H21N5O2S/c36-27-18-29(32-24-10-3-1-8-22(24)27)33-30(37)23-9-2-4-11-28(23)38-20-13-14-21-25(34-35-26(21)17-20)15-12-19-7-5-6-16-31-19/h1-18H,(H,34,35)(H2,32,33,36,37)/b15-12+. The molecule has 8 heteroatoms. The predicted molar refractivity (Wildman–Crippen MR) is 152 cm³/mol. The number of carbonyl (C=O) groups excluding carboxylic acids is 1. The molecule has 6 rings (SSSR count). The SMILES string of the molecule is O=C(Nc1cc(=O)c2ccccc2[nH]1)c1ccccc1Sc1ccc2c(/C=C/c3ccccn3)n[nH]c2c1. The number of fused-ring (bicyclic) bond motifs is 2. The zero-order valence-electron chi connectivity index (χ0n) is 20.0. The van der Waals surface area contributed by atoms with Gasteiger partial charge >= 0.3 is 0 Å². The molecule has 184 valence electrons. The average Bonchev–Trinajstić information content (AvgIpc) is 3.35. The van der Waals surface area contributed by atoms with Crippen molar-refractivity contribution in [1.29, 1.82) is 0 Å². The number of hydrogen-bond donors (Lipinski definition) is 3. The fourth-order valence-corrected chi connectivity index (χ4v) is 5.16. The molecule has 3 heterocycles. The topological polar surface area (TPSA) is 104 Å². The summed E-state index contributed by atoms with van der Waals surface area (Å²) in [7, 11) is 0. The lowest BCUT2D eigenvalue weighted by atomic mass is 10.2. The van der Waals surface area contributed by atoms with Gasteiger partial charge in [0.05, 0.1) is 28.0 Å². The number of benzene rings is 3. The summed E-state index contributed by atoms with van der Waals surface area (Å²) in [4.78, 5) is 34.8. The fraction of sp³-hybridized carbons (Fsp3) is 0. The maximum absolute atomic E-state index is 13.2. The first-order valence-electron chi connectivity index (χ1n) is 11.9. The zero-order valence-corrected chi connectivity index (χ0v) is 20.8. The average molecular weight is 516 g/mol. The first-order chi connectivity index (χ1) is 18.6. The molecule has 3 aromatic heterocycles. The van der Waals surface area contributed by atoms with Crippen molar-refractivity contribution >= 4 is 57.4 Å². The van der Waals surface area contributed by atoms with Crippen LogP contribution in [0.3, 0.4) is 0 Å². The molecule has 0 unspecified atom stereocenters. The Morgan fingerprint density at radius 1 is 0.842 bits per heavy atom. The van der Waals surface area contributed by atoms with Gasteiger partial charge in [-0.25, -0.2) is 0 Å². The van der Waals surface area contributed by atoms with E-state index in [-0.39, 0.29) is 11.3 Å². The number of H-pyrrole nitrogens is 2. The molecular formula is C30H21N5O2S. The smallest absolute Gasteiger partial charge is 0.257 e. The first-order valence-corrected chi connectivity index (χ1v) is 12.7. The van der Waals surface area contributed by atoms with Gasteiger partial charge in [0.2, 0.25) is 0 Å². The number of carbonyl (C=O) groups is 1. The predicted octanol–water partition coefficient (Wildman–Crippen LogP) is 6.37. The van der Waals surface area contributed by atoms with Gasteiger partial charge in [0, 0.05) is 32.8 Å². The van der Waals surface area contributed by atoms with Crippen molar-refractivity contribution in [3.05, 3.63) is 124 Å². The highest BCUT2D eigenvalue weighted by atomic mass is 32.2. The molecule has 3 N–H and O–H groups in total. The summed E-state index contributed by atoms with van der Waals surface area (Å²) in [6.45, 7) is 0. The minimum atomic E-state index is -0.302. The van der Waals surface area contributed by atoms with Crippen LogP contribution in [-0.2, 0) is 0 Å². The second kappa shape index (κ2) is 10.2. The van der Waals surface area contributed by atoms with Crippen molar-refractivity contribution in [2.45, 2.75) is 9.79 Å². The number of para-hydroxylation sites is 1. The minimum absolute atomic E-state index is 0.153. The highest BCUT2D eigenvalue weighted by Crippen LogP contribution is 2.33. The van der Waals surface area contributed by atoms with Crippen molar-refractivity contribution in [1.82, 2.24) is 20.2 Å². The zero-order chi connectivity index (χ0) is 25.9. The van der Waals surface area contributed by atoms with Crippen molar-refractivity contribution in [2.24, 2.45) is 0 Å². The Bertz CT molecular complexity index is 1880. The molecule has 3 aromatic carbocycles. The van der Waals surface area contributed by atoms with E-state index in [4.69, 9.17) is 0 Å². The molecule has 0 spiro atoms. The number of aromatic amines is 2. The summed E-state index contributed by atoms with van der Waals surface area (Å²) in [5, 5.41) is 11.9. The number of pyridine rings is 2. The molecule has 0 fully saturated rings. The highest BCUT2D eigenvalue weighted by molar-refractivity contribution is 7.99. The molecule has 0 radical (unpaired) electrons. The van der Waals surface area contributed by atoms with Crippen LogP contribution in [0.15, 0.2) is 112 Å². The second-order valence-corrected chi connectivity index (χ2v) is 9.66. The van der Waals surface area contributed by atoms with E-state index in [1.165, 1.54) is 17.8 Å². The number of nitrogens with zero attached hydrogens (tertiary/aromatic N) is 2. The summed E-state index contributed by atoms with van der Waals surface area (Å²) >= 11 is 1.48. The van der Waals surface area contributed by atoms with E-state index in [1.54, 1.807) is 18.3 Å². The lowest BCUT2D eigenvalue weighted by molar-refractivity contribution is 0.102. The van der Waals surface area contributed by atoms with Crippen LogP contribution >= 0.6 is 11.8 Å². The van der Waals surface area contributed by atoms with Gasteiger partial charge in [-0.1, -0.05) is 42.1 Å². The molecule has 38 heavy (non-hydrogen) atoms. The monoisotopic (exact) mass is 515 g/mol. The lowest BCUT2D eigenvalue weighted by Crippen LogP contribution is -2.16. The van der Waals surface area contributed by atoms with Crippen LogP contribution in [-0.4, -0.2) is 26.1 Å². The second-order valence-electron chi connectivity index (χ2n) is 8.55. The Morgan fingerprint density at radius 2 is 1.68 bits per heavy atom. The van der Waals surface area contributed by atoms with Crippen LogP contribution in [0.2, 0.25) is 0 Å². The van der Waals surface area contributed by atoms with Crippen molar-refractivity contribution in [2.75, 3.05) is 5.32 Å². The Morgan fingerprint density at radius 3 is 2.58 bits per heavy atom. The minimum Gasteiger partial charge on any atom is -0.341 e. The number of anilines is 1. The third kappa shape index (κ3) is 4.85. The van der Waals surface area contributed by atoms with Crippen LogP contribution in [0.1, 0.15) is 21.7 Å². The van der Waals surface area contributed by atoms with Crippen molar-refractivity contribution in [3.63, 3.8) is 0 Å². The van der Waals surface area contributed by atoms with Gasteiger partial charge in [0.25, 0.3) is 5.91 Å². The summed E-state index contributed by atoms with van der Waals surface area (Å²) in [6.07, 6.45) is 5.62. The van der Waals surface area contributed by atoms with Gasteiger partial charge in [-0.15, -0.1) is 0 Å². The van der Waals surface area contributed by atoms with E-state index < -0.39 is 0 Å². The van der Waals surface area contributed by atoms with Crippen LogP contribution in [0.4, 0.5) is 5.82 Å². The lowest BCUT2D eigenvalue weighted by Gasteiger charge is -2.11. The number of hydrogen-bond acceptors (Lipinski definition) is 5. The van der Waals surface area contributed by atoms with E-state index in [0.29, 0.717) is 22.3 Å². The van der Waals surface area contributed by atoms with E-state index in [2.05, 4.69) is 25.5 Å². The Balaban J connectivity index is 1.23. The van der Waals surface area contributed by atoms with Crippen molar-refractivity contribution in [3.8, 4) is 0 Å². The summed E-state index contributed by atoms with van der Waals surface area (Å²) in [5.74, 6) is 0.0484. The number of amides is 1. The largest absolute Gasteiger partial charge is 0.341 e. The molecule has 0 bridgehead atoms. The van der Waals surface area contributed by atoms with Crippen LogP contribution in [0.25, 0.3) is 34.0 Å². The molecule has 0 aliphatic heterocycles. The molecule has 0 aliphatic carbocycles. The first kappa shape index (κ1) is 23.4. The molecule has 0 saturated carbocycles. The van der Waals surface area contributed by atoms with Crippen LogP contribution < -0.4 is 10.7 Å². The number of rotatable bonds is 6. The molecule has 1 amide bonds. The van der Waals surface area contributed by atoms with E-state index in [1.807, 2.05) is 84.9 Å². The highest BCUT2D eigenvalue weighted by Gasteiger charge is 2.14. The molecule has 6 aromatic rings. The maximum atomic E-state index is 13.2. The third-order valence-corrected chi connectivity index (χ3v) is 7.07. The van der Waals surface area contributed by atoms with Gasteiger partial charge in [0.1, 0.15) is 5.82 Å². The number of aromatic nitrogens is 4. The van der Waals surface area contributed by atoms with E-state index >= 15 is 0 Å². The summed E-state index contributed by atoms with van der Waals surface area (Å²) in [6, 6.07) is 27.8. The summed E-state index contributed by atoms with van der Waals surface area (Å²) in [5.41, 5.74) is 3.60. The van der Waals surface area contributed by atoms with Gasteiger partial charge in [0.15, 0.2) is 5.43 Å².